The van der Waals surface area contributed by atoms with Crippen LogP contribution < -0.4 is 0 Å². The van der Waals surface area contributed by atoms with Crippen molar-refractivity contribution in [1.29, 1.82) is 0 Å². The van der Waals surface area contributed by atoms with Crippen molar-refractivity contribution in [2.75, 3.05) is 19.6 Å². The van der Waals surface area contributed by atoms with Gasteiger partial charge in [0.15, 0.2) is 0 Å². The number of piperazine rings is 1. The molecule has 2 aliphatic heterocycles. The maximum atomic E-state index is 12.7. The zero-order valence-electron chi connectivity index (χ0n) is 11.9. The van der Waals surface area contributed by atoms with Gasteiger partial charge in [0.2, 0.25) is 10.0 Å². The van der Waals surface area contributed by atoms with E-state index in [0.717, 1.165) is 38.0 Å². The molecule has 0 aliphatic carbocycles. The van der Waals surface area contributed by atoms with Crippen molar-refractivity contribution in [3.8, 4) is 0 Å². The molecule has 0 amide bonds. The molecule has 2 atom stereocenters. The number of sulfonamides is 1. The number of hydrogen-bond donors (Lipinski definition) is 0. The normalized spacial score (nSPS) is 27.9. The van der Waals surface area contributed by atoms with Gasteiger partial charge in [-0.05, 0) is 24.9 Å². The van der Waals surface area contributed by atoms with Crippen LogP contribution >= 0.6 is 0 Å². The molecule has 1 aromatic carbocycles. The average molecular weight is 294 g/mol. The summed E-state index contributed by atoms with van der Waals surface area (Å²) in [6.07, 6.45) is 2.02. The number of fused-ring (bicyclic) bond motifs is 2. The molecule has 0 saturated carbocycles. The molecule has 2 heterocycles. The molecule has 110 valence electrons. The monoisotopic (exact) mass is 294 g/mol. The largest absolute Gasteiger partial charge is 0.300 e. The third-order valence-corrected chi connectivity index (χ3v) is 6.39. The Kier molecular flexibility index (Phi) is 3.84. The molecule has 2 fully saturated rings. The predicted octanol–water partition coefficient (Wildman–Crippen LogP) is 1.68. The summed E-state index contributed by atoms with van der Waals surface area (Å²) in [6.45, 7) is 4.94. The van der Waals surface area contributed by atoms with Gasteiger partial charge in [-0.2, -0.15) is 4.31 Å². The van der Waals surface area contributed by atoms with Gasteiger partial charge in [-0.25, -0.2) is 8.42 Å². The van der Waals surface area contributed by atoms with Crippen LogP contribution in [0.25, 0.3) is 0 Å². The van der Waals surface area contributed by atoms with E-state index in [9.17, 15) is 8.42 Å². The third-order valence-electron chi connectivity index (χ3n) is 4.45. The van der Waals surface area contributed by atoms with Gasteiger partial charge < -0.3 is 4.90 Å². The molecule has 4 nitrogen and oxygen atoms in total. The molecule has 3 rings (SSSR count). The van der Waals surface area contributed by atoms with E-state index in [1.807, 2.05) is 34.6 Å². The van der Waals surface area contributed by atoms with Crippen LogP contribution in [0.1, 0.15) is 25.3 Å². The van der Waals surface area contributed by atoms with Crippen molar-refractivity contribution in [2.24, 2.45) is 0 Å². The van der Waals surface area contributed by atoms with Crippen LogP contribution in [0.3, 0.4) is 0 Å². The molecule has 2 bridgehead atoms. The van der Waals surface area contributed by atoms with E-state index < -0.39 is 10.0 Å². The molecule has 2 unspecified atom stereocenters. The standard InChI is InChI=1S/C15H22N2O2S/c1-2-16-10-14-8-9-15(11-16)17(14)20(18,19)12-13-6-4-3-5-7-13/h3-7,14-15H,2,8-12H2,1H3. The van der Waals surface area contributed by atoms with Crippen molar-refractivity contribution < 1.29 is 8.42 Å². The minimum absolute atomic E-state index is 0.132. The van der Waals surface area contributed by atoms with Gasteiger partial charge in [0.1, 0.15) is 0 Å². The molecule has 0 aromatic heterocycles. The highest BCUT2D eigenvalue weighted by Crippen LogP contribution is 2.33. The number of likely N-dealkylation sites (tertiary alicyclic amines) is 1. The van der Waals surface area contributed by atoms with Crippen molar-refractivity contribution in [2.45, 2.75) is 37.6 Å². The summed E-state index contributed by atoms with van der Waals surface area (Å²) in [5.41, 5.74) is 0.879. The second-order valence-electron chi connectivity index (χ2n) is 5.81. The Balaban J connectivity index is 1.79. The number of rotatable bonds is 4. The Morgan fingerprint density at radius 1 is 1.10 bits per heavy atom. The van der Waals surface area contributed by atoms with Crippen molar-refractivity contribution in [3.63, 3.8) is 0 Å². The SMILES string of the molecule is CCN1CC2CCC(C1)N2S(=O)(=O)Cc1ccccc1. The van der Waals surface area contributed by atoms with E-state index in [1.54, 1.807) is 0 Å². The number of benzene rings is 1. The van der Waals surface area contributed by atoms with Gasteiger partial charge >= 0.3 is 0 Å². The molecule has 2 aliphatic rings. The van der Waals surface area contributed by atoms with Gasteiger partial charge in [0.05, 0.1) is 5.75 Å². The topological polar surface area (TPSA) is 40.6 Å². The van der Waals surface area contributed by atoms with Crippen LogP contribution in [0.15, 0.2) is 30.3 Å². The van der Waals surface area contributed by atoms with Crippen molar-refractivity contribution >= 4 is 10.0 Å². The maximum absolute atomic E-state index is 12.7. The van der Waals surface area contributed by atoms with Crippen LogP contribution in [0.2, 0.25) is 0 Å². The maximum Gasteiger partial charge on any atom is 0.218 e. The minimum Gasteiger partial charge on any atom is -0.300 e. The number of nitrogens with zero attached hydrogens (tertiary/aromatic N) is 2. The van der Waals surface area contributed by atoms with Gasteiger partial charge in [-0.1, -0.05) is 37.3 Å². The first-order valence-corrected chi connectivity index (χ1v) is 8.98. The van der Waals surface area contributed by atoms with E-state index in [1.165, 1.54) is 0 Å². The average Bonchev–Trinajstić information content (AvgIpc) is 2.72. The molecule has 5 heteroatoms. The smallest absolute Gasteiger partial charge is 0.218 e. The zero-order chi connectivity index (χ0) is 14.2. The Morgan fingerprint density at radius 2 is 1.70 bits per heavy atom. The summed E-state index contributed by atoms with van der Waals surface area (Å²) >= 11 is 0. The first kappa shape index (κ1) is 14.0. The van der Waals surface area contributed by atoms with Crippen molar-refractivity contribution in [3.05, 3.63) is 35.9 Å². The molecular formula is C15H22N2O2S. The fourth-order valence-electron chi connectivity index (χ4n) is 3.52. The van der Waals surface area contributed by atoms with E-state index in [-0.39, 0.29) is 17.8 Å². The summed E-state index contributed by atoms with van der Waals surface area (Å²) in [5, 5.41) is 0. The first-order valence-electron chi connectivity index (χ1n) is 7.37. The number of likely N-dealkylation sites (N-methyl/N-ethyl adjacent to an activating group) is 1. The molecule has 0 spiro atoms. The Labute approximate surface area is 121 Å². The van der Waals surface area contributed by atoms with E-state index in [0.29, 0.717) is 0 Å². The summed E-state index contributed by atoms with van der Waals surface area (Å²) in [6, 6.07) is 9.86. The highest BCUT2D eigenvalue weighted by Gasteiger charge is 2.45. The van der Waals surface area contributed by atoms with E-state index >= 15 is 0 Å². The van der Waals surface area contributed by atoms with Crippen LogP contribution in [0.4, 0.5) is 0 Å². The predicted molar refractivity (Wildman–Crippen MR) is 79.8 cm³/mol. The Bertz CT molecular complexity index is 544. The highest BCUT2D eigenvalue weighted by molar-refractivity contribution is 7.88. The second kappa shape index (κ2) is 5.47. The van der Waals surface area contributed by atoms with Crippen LogP contribution in [0, 0.1) is 0 Å². The first-order chi connectivity index (χ1) is 9.60. The quantitative estimate of drug-likeness (QED) is 0.848. The molecule has 0 N–H and O–H groups in total. The van der Waals surface area contributed by atoms with E-state index in [2.05, 4.69) is 11.8 Å². The highest BCUT2D eigenvalue weighted by atomic mass is 32.2. The minimum atomic E-state index is -3.20. The lowest BCUT2D eigenvalue weighted by atomic mass is 10.2. The van der Waals surface area contributed by atoms with Crippen LogP contribution in [-0.4, -0.2) is 49.3 Å². The second-order valence-corrected chi connectivity index (χ2v) is 7.68. The molecule has 1 aromatic rings. The fraction of sp³-hybridized carbons (Fsp3) is 0.600. The van der Waals surface area contributed by atoms with Gasteiger partial charge in [0, 0.05) is 25.2 Å². The molecule has 2 saturated heterocycles. The molecular weight excluding hydrogens is 272 g/mol. The van der Waals surface area contributed by atoms with E-state index in [4.69, 9.17) is 0 Å². The van der Waals surface area contributed by atoms with Gasteiger partial charge in [0.25, 0.3) is 0 Å². The Morgan fingerprint density at radius 3 is 2.25 bits per heavy atom. The summed E-state index contributed by atoms with van der Waals surface area (Å²) in [7, 11) is -3.20. The lowest BCUT2D eigenvalue weighted by molar-refractivity contribution is 0.134. The Hall–Kier alpha value is -0.910. The van der Waals surface area contributed by atoms with Crippen LogP contribution in [-0.2, 0) is 15.8 Å². The summed E-state index contributed by atoms with van der Waals surface area (Å²) in [5.74, 6) is 0.132. The van der Waals surface area contributed by atoms with Gasteiger partial charge in [-0.15, -0.1) is 0 Å². The number of hydrogen-bond acceptors (Lipinski definition) is 3. The van der Waals surface area contributed by atoms with Gasteiger partial charge in [-0.3, -0.25) is 0 Å². The summed E-state index contributed by atoms with van der Waals surface area (Å²) < 4.78 is 27.2. The van der Waals surface area contributed by atoms with Crippen LogP contribution in [0.5, 0.6) is 0 Å². The summed E-state index contributed by atoms with van der Waals surface area (Å²) in [4.78, 5) is 2.37. The lowest BCUT2D eigenvalue weighted by Gasteiger charge is -2.39. The van der Waals surface area contributed by atoms with Crippen molar-refractivity contribution in [1.82, 2.24) is 9.21 Å². The molecule has 20 heavy (non-hydrogen) atoms. The fourth-order valence-corrected chi connectivity index (χ4v) is 5.54. The third kappa shape index (κ3) is 2.62. The molecule has 0 radical (unpaired) electrons. The lowest BCUT2D eigenvalue weighted by Crippen LogP contribution is -2.55. The zero-order valence-corrected chi connectivity index (χ0v) is 12.7.